The molecule has 2 heterocycles. The van der Waals surface area contributed by atoms with Crippen molar-refractivity contribution >= 4 is 0 Å². The van der Waals surface area contributed by atoms with Crippen LogP contribution in [0.25, 0.3) is 0 Å². The van der Waals surface area contributed by atoms with E-state index in [1.165, 1.54) is 5.82 Å². The van der Waals surface area contributed by atoms with Gasteiger partial charge in [0.05, 0.1) is 0 Å². The van der Waals surface area contributed by atoms with Crippen molar-refractivity contribution < 1.29 is 0 Å². The molecule has 2 rings (SSSR count). The number of imidazole rings is 1. The van der Waals surface area contributed by atoms with E-state index in [9.17, 15) is 0 Å². The van der Waals surface area contributed by atoms with Crippen LogP contribution in [0.2, 0.25) is 0 Å². The normalized spacial score (nSPS) is 25.8. The molecule has 102 valence electrons. The number of aryl methyl sites for hydroxylation is 1. The van der Waals surface area contributed by atoms with Gasteiger partial charge in [-0.3, -0.25) is 4.90 Å². The molecule has 0 spiro atoms. The lowest BCUT2D eigenvalue weighted by molar-refractivity contribution is 0.124. The Labute approximate surface area is 110 Å². The largest absolute Gasteiger partial charge is 0.338 e. The van der Waals surface area contributed by atoms with Crippen LogP contribution in [-0.2, 0) is 13.5 Å². The molecule has 1 saturated heterocycles. The highest BCUT2D eigenvalue weighted by Crippen LogP contribution is 2.13. The first kappa shape index (κ1) is 13.6. The van der Waals surface area contributed by atoms with Crippen molar-refractivity contribution in [3.05, 3.63) is 18.2 Å². The molecule has 0 amide bonds. The Balaban J connectivity index is 1.89. The molecule has 18 heavy (non-hydrogen) atoms. The minimum Gasteiger partial charge on any atom is -0.338 e. The molecule has 0 aliphatic carbocycles. The number of nitrogens with one attached hydrogen (secondary N) is 1. The average Bonchev–Trinajstić information content (AvgIpc) is 2.73. The Morgan fingerprint density at radius 1 is 1.50 bits per heavy atom. The van der Waals surface area contributed by atoms with Crippen LogP contribution in [0.15, 0.2) is 12.4 Å². The lowest BCUT2D eigenvalue weighted by atomic mass is 9.99. The second-order valence-electron chi connectivity index (χ2n) is 5.81. The van der Waals surface area contributed by atoms with E-state index in [0.29, 0.717) is 18.0 Å². The summed E-state index contributed by atoms with van der Waals surface area (Å²) in [6.45, 7) is 10.3. The summed E-state index contributed by atoms with van der Waals surface area (Å²) in [5.74, 6) is 1.88. The maximum absolute atomic E-state index is 4.40. The highest BCUT2D eigenvalue weighted by molar-refractivity contribution is 4.93. The van der Waals surface area contributed by atoms with Gasteiger partial charge in [-0.2, -0.15) is 0 Å². The minimum atomic E-state index is 0.625. The maximum Gasteiger partial charge on any atom is 0.109 e. The van der Waals surface area contributed by atoms with E-state index >= 15 is 0 Å². The van der Waals surface area contributed by atoms with Crippen LogP contribution in [-0.4, -0.2) is 46.2 Å². The summed E-state index contributed by atoms with van der Waals surface area (Å²) < 4.78 is 2.12. The third-order valence-electron chi connectivity index (χ3n) is 4.08. The Morgan fingerprint density at radius 3 is 2.89 bits per heavy atom. The number of nitrogens with zero attached hydrogens (tertiary/aromatic N) is 3. The van der Waals surface area contributed by atoms with Crippen molar-refractivity contribution in [3.63, 3.8) is 0 Å². The van der Waals surface area contributed by atoms with Crippen LogP contribution in [0.1, 0.15) is 26.6 Å². The Morgan fingerprint density at radius 2 is 2.28 bits per heavy atom. The highest BCUT2D eigenvalue weighted by Gasteiger charge is 2.26. The molecule has 1 aromatic heterocycles. The number of aromatic nitrogens is 2. The van der Waals surface area contributed by atoms with Crippen LogP contribution in [0.5, 0.6) is 0 Å². The Hall–Kier alpha value is -0.870. The fourth-order valence-corrected chi connectivity index (χ4v) is 2.59. The van der Waals surface area contributed by atoms with Gasteiger partial charge in [0, 0.05) is 57.6 Å². The summed E-state index contributed by atoms with van der Waals surface area (Å²) in [4.78, 5) is 6.99. The average molecular weight is 250 g/mol. The zero-order valence-electron chi connectivity index (χ0n) is 12.1. The molecule has 2 atom stereocenters. The molecular formula is C14H26N4. The molecule has 1 N–H and O–H groups in total. The number of hydrogen-bond donors (Lipinski definition) is 1. The summed E-state index contributed by atoms with van der Waals surface area (Å²) in [5.41, 5.74) is 0. The molecule has 1 fully saturated rings. The molecule has 4 heteroatoms. The molecule has 0 radical (unpaired) electrons. The first-order valence-corrected chi connectivity index (χ1v) is 7.01. The van der Waals surface area contributed by atoms with Crippen molar-refractivity contribution in [2.24, 2.45) is 13.0 Å². The fraction of sp³-hybridized carbons (Fsp3) is 0.786. The molecule has 4 nitrogen and oxygen atoms in total. The van der Waals surface area contributed by atoms with Gasteiger partial charge in [0.1, 0.15) is 5.82 Å². The second kappa shape index (κ2) is 5.85. The van der Waals surface area contributed by atoms with Gasteiger partial charge < -0.3 is 9.88 Å². The standard InChI is InChI=1S/C14H26N4/c1-11(2)13-10-18(12(3)9-16-13)7-5-14-15-6-8-17(14)4/h6,8,11-13,16H,5,7,9-10H2,1-4H3. The molecule has 0 saturated carbocycles. The quantitative estimate of drug-likeness (QED) is 0.874. The van der Waals surface area contributed by atoms with Crippen molar-refractivity contribution in [2.75, 3.05) is 19.6 Å². The van der Waals surface area contributed by atoms with Gasteiger partial charge in [-0.1, -0.05) is 13.8 Å². The molecule has 0 bridgehead atoms. The van der Waals surface area contributed by atoms with Crippen LogP contribution >= 0.6 is 0 Å². The summed E-state index contributed by atoms with van der Waals surface area (Å²) in [6.07, 6.45) is 4.94. The van der Waals surface area contributed by atoms with E-state index in [2.05, 4.69) is 47.6 Å². The first-order valence-electron chi connectivity index (χ1n) is 7.01. The molecule has 1 aliphatic rings. The van der Waals surface area contributed by atoms with Gasteiger partial charge in [-0.05, 0) is 12.8 Å². The smallest absolute Gasteiger partial charge is 0.109 e. The highest BCUT2D eigenvalue weighted by atomic mass is 15.2. The molecule has 0 aromatic carbocycles. The zero-order chi connectivity index (χ0) is 13.1. The molecule has 1 aromatic rings. The zero-order valence-corrected chi connectivity index (χ0v) is 12.1. The van der Waals surface area contributed by atoms with Crippen molar-refractivity contribution in [3.8, 4) is 0 Å². The summed E-state index contributed by atoms with van der Waals surface area (Å²) in [7, 11) is 2.07. The minimum absolute atomic E-state index is 0.625. The Bertz CT molecular complexity index is 372. The summed E-state index contributed by atoms with van der Waals surface area (Å²) in [6, 6.07) is 1.25. The Kier molecular flexibility index (Phi) is 4.40. The fourth-order valence-electron chi connectivity index (χ4n) is 2.59. The summed E-state index contributed by atoms with van der Waals surface area (Å²) >= 11 is 0. The number of hydrogen-bond acceptors (Lipinski definition) is 3. The molecule has 1 aliphatic heterocycles. The van der Waals surface area contributed by atoms with Gasteiger partial charge in [0.2, 0.25) is 0 Å². The van der Waals surface area contributed by atoms with E-state index < -0.39 is 0 Å². The van der Waals surface area contributed by atoms with Crippen molar-refractivity contribution in [1.82, 2.24) is 19.8 Å². The topological polar surface area (TPSA) is 33.1 Å². The molecule has 2 unspecified atom stereocenters. The van der Waals surface area contributed by atoms with E-state index in [1.807, 2.05) is 12.4 Å². The monoisotopic (exact) mass is 250 g/mol. The summed E-state index contributed by atoms with van der Waals surface area (Å²) in [5, 5.41) is 3.64. The third kappa shape index (κ3) is 3.12. The van der Waals surface area contributed by atoms with Gasteiger partial charge in [0.15, 0.2) is 0 Å². The van der Waals surface area contributed by atoms with Crippen molar-refractivity contribution in [1.29, 1.82) is 0 Å². The van der Waals surface area contributed by atoms with Gasteiger partial charge >= 0.3 is 0 Å². The van der Waals surface area contributed by atoms with Crippen LogP contribution < -0.4 is 5.32 Å². The lowest BCUT2D eigenvalue weighted by Gasteiger charge is -2.40. The van der Waals surface area contributed by atoms with E-state index in [-0.39, 0.29) is 0 Å². The van der Waals surface area contributed by atoms with E-state index in [1.54, 1.807) is 0 Å². The third-order valence-corrected chi connectivity index (χ3v) is 4.08. The predicted molar refractivity (Wildman–Crippen MR) is 74.6 cm³/mol. The maximum atomic E-state index is 4.40. The van der Waals surface area contributed by atoms with Crippen LogP contribution in [0, 0.1) is 5.92 Å². The number of piperazine rings is 1. The van der Waals surface area contributed by atoms with Gasteiger partial charge in [-0.25, -0.2) is 4.98 Å². The first-order chi connectivity index (χ1) is 8.58. The molecular weight excluding hydrogens is 224 g/mol. The predicted octanol–water partition coefficient (Wildman–Crippen LogP) is 1.28. The van der Waals surface area contributed by atoms with Crippen LogP contribution in [0.3, 0.4) is 0 Å². The lowest BCUT2D eigenvalue weighted by Crippen LogP contribution is -2.57. The number of rotatable bonds is 4. The van der Waals surface area contributed by atoms with Gasteiger partial charge in [0.25, 0.3) is 0 Å². The van der Waals surface area contributed by atoms with E-state index in [0.717, 1.165) is 26.1 Å². The van der Waals surface area contributed by atoms with Crippen molar-refractivity contribution in [2.45, 2.75) is 39.3 Å². The van der Waals surface area contributed by atoms with Crippen LogP contribution in [0.4, 0.5) is 0 Å². The van der Waals surface area contributed by atoms with E-state index in [4.69, 9.17) is 0 Å². The van der Waals surface area contributed by atoms with Gasteiger partial charge in [-0.15, -0.1) is 0 Å². The SMILES string of the molecule is CC(C)C1CN(CCc2nccn2C)C(C)CN1. The second-order valence-corrected chi connectivity index (χ2v) is 5.81.